The maximum absolute atomic E-state index is 12.4. The largest absolute Gasteiger partial charge is 0.409 e. The third-order valence-electron chi connectivity index (χ3n) is 4.64. The first kappa shape index (κ1) is 13.0. The first-order chi connectivity index (χ1) is 9.69. The predicted molar refractivity (Wildman–Crippen MR) is 76.5 cm³/mol. The Morgan fingerprint density at radius 2 is 2.10 bits per heavy atom. The summed E-state index contributed by atoms with van der Waals surface area (Å²) in [7, 11) is 0. The summed E-state index contributed by atoms with van der Waals surface area (Å²) in [4.78, 5) is 12.4. The average Bonchev–Trinajstić information content (AvgIpc) is 3.09. The lowest BCUT2D eigenvalue weighted by Crippen LogP contribution is -2.28. The number of amides is 1. The molecular weight excluding hydrogens is 254 g/mol. The van der Waals surface area contributed by atoms with Crippen molar-refractivity contribution in [1.82, 2.24) is 0 Å². The number of para-hydroxylation sites is 1. The Hall–Kier alpha value is -2.04. The standard InChI is InChI=1S/C15H19N3O2/c16-14(18-20)11-3-1-2-4-13(11)17-15(19)12-8-9-5-6-10(12)7-9/h1-4,9-10,12,20H,5-8H2,(H2,16,18)(H,17,19). The Morgan fingerprint density at radius 3 is 2.75 bits per heavy atom. The molecule has 0 spiro atoms. The molecule has 20 heavy (non-hydrogen) atoms. The molecule has 0 radical (unpaired) electrons. The third kappa shape index (κ3) is 2.24. The van der Waals surface area contributed by atoms with Crippen LogP contribution in [0.15, 0.2) is 29.4 Å². The second kappa shape index (κ2) is 5.15. The maximum Gasteiger partial charge on any atom is 0.227 e. The summed E-state index contributed by atoms with van der Waals surface area (Å²) in [5.74, 6) is 1.46. The van der Waals surface area contributed by atoms with Crippen molar-refractivity contribution in [3.8, 4) is 0 Å². The highest BCUT2D eigenvalue weighted by molar-refractivity contribution is 6.05. The summed E-state index contributed by atoms with van der Waals surface area (Å²) in [6.07, 6.45) is 4.64. The van der Waals surface area contributed by atoms with Crippen LogP contribution < -0.4 is 11.1 Å². The van der Waals surface area contributed by atoms with Crippen molar-refractivity contribution >= 4 is 17.4 Å². The molecular formula is C15H19N3O2. The van der Waals surface area contributed by atoms with E-state index < -0.39 is 0 Å². The summed E-state index contributed by atoms with van der Waals surface area (Å²) in [6, 6.07) is 7.12. The highest BCUT2D eigenvalue weighted by Gasteiger charge is 2.43. The highest BCUT2D eigenvalue weighted by atomic mass is 16.4. The molecule has 1 aromatic rings. The topological polar surface area (TPSA) is 87.7 Å². The Balaban J connectivity index is 1.76. The van der Waals surface area contributed by atoms with Crippen LogP contribution in [0.4, 0.5) is 5.69 Å². The van der Waals surface area contributed by atoms with Crippen molar-refractivity contribution in [1.29, 1.82) is 0 Å². The van der Waals surface area contributed by atoms with E-state index in [2.05, 4.69) is 10.5 Å². The molecule has 0 heterocycles. The monoisotopic (exact) mass is 273 g/mol. The summed E-state index contributed by atoms with van der Waals surface area (Å²) in [5.41, 5.74) is 6.79. The predicted octanol–water partition coefficient (Wildman–Crippen LogP) is 2.16. The normalized spacial score (nSPS) is 28.6. The Morgan fingerprint density at radius 1 is 1.30 bits per heavy atom. The minimum absolute atomic E-state index is 0.00819. The van der Waals surface area contributed by atoms with E-state index in [4.69, 9.17) is 10.9 Å². The van der Waals surface area contributed by atoms with Gasteiger partial charge >= 0.3 is 0 Å². The number of hydrogen-bond acceptors (Lipinski definition) is 3. The van der Waals surface area contributed by atoms with Gasteiger partial charge in [-0.1, -0.05) is 23.7 Å². The molecule has 3 rings (SSSR count). The Labute approximate surface area is 117 Å². The van der Waals surface area contributed by atoms with Gasteiger partial charge in [0.2, 0.25) is 5.91 Å². The van der Waals surface area contributed by atoms with Crippen LogP contribution in [-0.4, -0.2) is 17.0 Å². The fourth-order valence-electron chi connectivity index (χ4n) is 3.66. The molecule has 2 aliphatic rings. The molecule has 2 bridgehead atoms. The highest BCUT2D eigenvalue weighted by Crippen LogP contribution is 2.48. The zero-order valence-corrected chi connectivity index (χ0v) is 11.2. The van der Waals surface area contributed by atoms with Gasteiger partial charge in [-0.15, -0.1) is 0 Å². The minimum atomic E-state index is 0.00819. The Bertz CT molecular complexity index is 556. The maximum atomic E-state index is 12.4. The molecule has 2 saturated carbocycles. The van der Waals surface area contributed by atoms with E-state index in [9.17, 15) is 4.79 Å². The summed E-state index contributed by atoms with van der Waals surface area (Å²) in [6.45, 7) is 0. The molecule has 0 saturated heterocycles. The van der Waals surface area contributed by atoms with E-state index in [-0.39, 0.29) is 17.7 Å². The smallest absolute Gasteiger partial charge is 0.227 e. The minimum Gasteiger partial charge on any atom is -0.409 e. The molecule has 5 heteroatoms. The van der Waals surface area contributed by atoms with Crippen molar-refractivity contribution in [3.63, 3.8) is 0 Å². The molecule has 0 aliphatic heterocycles. The molecule has 5 nitrogen and oxygen atoms in total. The van der Waals surface area contributed by atoms with E-state index in [1.165, 1.54) is 19.3 Å². The number of oxime groups is 1. The first-order valence-electron chi connectivity index (χ1n) is 7.07. The second-order valence-corrected chi connectivity index (χ2v) is 5.80. The van der Waals surface area contributed by atoms with Crippen LogP contribution in [-0.2, 0) is 4.79 Å². The van der Waals surface area contributed by atoms with Gasteiger partial charge in [0.15, 0.2) is 5.84 Å². The fourth-order valence-corrected chi connectivity index (χ4v) is 3.66. The number of benzene rings is 1. The van der Waals surface area contributed by atoms with Gasteiger partial charge in [-0.25, -0.2) is 0 Å². The number of nitrogens with two attached hydrogens (primary N) is 1. The van der Waals surface area contributed by atoms with Gasteiger partial charge < -0.3 is 16.3 Å². The zero-order valence-electron chi connectivity index (χ0n) is 11.2. The van der Waals surface area contributed by atoms with Gasteiger partial charge in [-0.3, -0.25) is 4.79 Å². The number of carbonyl (C=O) groups excluding carboxylic acids is 1. The summed E-state index contributed by atoms with van der Waals surface area (Å²) >= 11 is 0. The molecule has 4 N–H and O–H groups in total. The van der Waals surface area contributed by atoms with Crippen LogP contribution in [0.3, 0.4) is 0 Å². The molecule has 2 aliphatic carbocycles. The van der Waals surface area contributed by atoms with E-state index in [0.29, 0.717) is 17.2 Å². The number of nitrogens with one attached hydrogen (secondary N) is 1. The van der Waals surface area contributed by atoms with Gasteiger partial charge in [-0.2, -0.15) is 0 Å². The number of carbonyl (C=O) groups is 1. The van der Waals surface area contributed by atoms with Crippen LogP contribution >= 0.6 is 0 Å². The van der Waals surface area contributed by atoms with Crippen molar-refractivity contribution < 1.29 is 10.0 Å². The lowest BCUT2D eigenvalue weighted by atomic mass is 9.88. The second-order valence-electron chi connectivity index (χ2n) is 5.80. The molecule has 0 aromatic heterocycles. The van der Waals surface area contributed by atoms with Gasteiger partial charge in [0.25, 0.3) is 0 Å². The van der Waals surface area contributed by atoms with Crippen molar-refractivity contribution in [2.45, 2.75) is 25.7 Å². The molecule has 3 unspecified atom stereocenters. The van der Waals surface area contributed by atoms with E-state index >= 15 is 0 Å². The van der Waals surface area contributed by atoms with Crippen LogP contribution in [0.2, 0.25) is 0 Å². The van der Waals surface area contributed by atoms with Gasteiger partial charge in [0.1, 0.15) is 0 Å². The van der Waals surface area contributed by atoms with E-state index in [1.807, 2.05) is 6.07 Å². The molecule has 1 aromatic carbocycles. The van der Waals surface area contributed by atoms with E-state index in [1.54, 1.807) is 18.2 Å². The van der Waals surface area contributed by atoms with Gasteiger partial charge in [0.05, 0.1) is 5.69 Å². The lowest BCUT2D eigenvalue weighted by molar-refractivity contribution is -0.121. The number of amidine groups is 1. The van der Waals surface area contributed by atoms with Gasteiger partial charge in [-0.05, 0) is 43.2 Å². The van der Waals surface area contributed by atoms with Crippen LogP contribution in [0.5, 0.6) is 0 Å². The average molecular weight is 273 g/mol. The Kier molecular flexibility index (Phi) is 3.34. The number of anilines is 1. The van der Waals surface area contributed by atoms with Gasteiger partial charge in [0, 0.05) is 11.5 Å². The summed E-state index contributed by atoms with van der Waals surface area (Å²) in [5, 5.41) is 14.7. The van der Waals surface area contributed by atoms with Crippen LogP contribution in [0.25, 0.3) is 0 Å². The number of fused-ring (bicyclic) bond motifs is 2. The molecule has 1 amide bonds. The van der Waals surface area contributed by atoms with Crippen molar-refractivity contribution in [2.75, 3.05) is 5.32 Å². The lowest BCUT2D eigenvalue weighted by Gasteiger charge is -2.21. The molecule has 106 valence electrons. The fraction of sp³-hybridized carbons (Fsp3) is 0.467. The molecule has 3 atom stereocenters. The number of rotatable bonds is 3. The SMILES string of the molecule is N/C(=N/O)c1ccccc1NC(=O)C1CC2CCC1C2. The van der Waals surface area contributed by atoms with Crippen LogP contribution in [0, 0.1) is 17.8 Å². The van der Waals surface area contributed by atoms with Crippen LogP contribution in [0.1, 0.15) is 31.2 Å². The summed E-state index contributed by atoms with van der Waals surface area (Å²) < 4.78 is 0. The molecule has 2 fully saturated rings. The zero-order chi connectivity index (χ0) is 14.1. The first-order valence-corrected chi connectivity index (χ1v) is 7.07. The van der Waals surface area contributed by atoms with Crippen molar-refractivity contribution in [3.05, 3.63) is 29.8 Å². The number of hydrogen-bond donors (Lipinski definition) is 3. The quantitative estimate of drug-likeness (QED) is 0.341. The number of nitrogens with zero attached hydrogens (tertiary/aromatic N) is 1. The van der Waals surface area contributed by atoms with E-state index in [0.717, 1.165) is 12.3 Å². The van der Waals surface area contributed by atoms with Crippen molar-refractivity contribution in [2.24, 2.45) is 28.6 Å². The third-order valence-corrected chi connectivity index (χ3v) is 4.64.